The molecule has 8 heteroatoms. The zero-order chi connectivity index (χ0) is 18.7. The van der Waals surface area contributed by atoms with Crippen LogP contribution in [0.15, 0.2) is 18.6 Å². The number of anilines is 1. The highest BCUT2D eigenvalue weighted by atomic mass is 16.2. The minimum absolute atomic E-state index is 0.0250. The SMILES string of the molecule is CC(=O)c1c(C)nn(CC(=O)NC2CCN(c3cnccn3)CC2)c1C. The average molecular weight is 356 g/mol. The van der Waals surface area contributed by atoms with Crippen molar-refractivity contribution < 1.29 is 9.59 Å². The molecule has 0 aliphatic carbocycles. The molecule has 1 amide bonds. The standard InChI is InChI=1S/C18H24N6O2/c1-12-18(14(3)25)13(2)24(22-12)11-17(26)21-15-4-8-23(9-5-15)16-10-19-6-7-20-16/h6-7,10,15H,4-5,8-9,11H2,1-3H3,(H,21,26). The van der Waals surface area contributed by atoms with Crippen LogP contribution < -0.4 is 10.2 Å². The summed E-state index contributed by atoms with van der Waals surface area (Å²) < 4.78 is 1.61. The van der Waals surface area contributed by atoms with Crippen LogP contribution in [0.1, 0.15) is 41.5 Å². The fourth-order valence-corrected chi connectivity index (χ4v) is 3.48. The highest BCUT2D eigenvalue weighted by molar-refractivity contribution is 5.96. The van der Waals surface area contributed by atoms with Gasteiger partial charge < -0.3 is 10.2 Å². The van der Waals surface area contributed by atoms with E-state index in [9.17, 15) is 9.59 Å². The fourth-order valence-electron chi connectivity index (χ4n) is 3.48. The molecule has 1 aliphatic heterocycles. The van der Waals surface area contributed by atoms with Crippen molar-refractivity contribution in [2.75, 3.05) is 18.0 Å². The van der Waals surface area contributed by atoms with Gasteiger partial charge in [0.25, 0.3) is 0 Å². The molecule has 0 radical (unpaired) electrons. The van der Waals surface area contributed by atoms with Crippen LogP contribution >= 0.6 is 0 Å². The Morgan fingerprint density at radius 1 is 1.23 bits per heavy atom. The molecule has 8 nitrogen and oxygen atoms in total. The lowest BCUT2D eigenvalue weighted by Crippen LogP contribution is -2.45. The first kappa shape index (κ1) is 18.0. The number of amides is 1. The van der Waals surface area contributed by atoms with Crippen molar-refractivity contribution >= 4 is 17.5 Å². The van der Waals surface area contributed by atoms with Crippen molar-refractivity contribution in [1.29, 1.82) is 0 Å². The smallest absolute Gasteiger partial charge is 0.241 e. The number of carbonyl (C=O) groups excluding carboxylic acids is 2. The first-order valence-electron chi connectivity index (χ1n) is 8.81. The molecule has 1 fully saturated rings. The second-order valence-corrected chi connectivity index (χ2v) is 6.65. The summed E-state index contributed by atoms with van der Waals surface area (Å²) in [5, 5.41) is 7.40. The number of piperidine rings is 1. The highest BCUT2D eigenvalue weighted by Gasteiger charge is 2.23. The van der Waals surface area contributed by atoms with E-state index in [0.717, 1.165) is 37.4 Å². The predicted molar refractivity (Wildman–Crippen MR) is 97.1 cm³/mol. The van der Waals surface area contributed by atoms with Gasteiger partial charge in [-0.3, -0.25) is 19.3 Å². The molecule has 0 unspecified atom stereocenters. The summed E-state index contributed by atoms with van der Waals surface area (Å²) in [4.78, 5) is 34.7. The lowest BCUT2D eigenvalue weighted by molar-refractivity contribution is -0.122. The van der Waals surface area contributed by atoms with Gasteiger partial charge in [0, 0.05) is 37.2 Å². The lowest BCUT2D eigenvalue weighted by atomic mass is 10.1. The Balaban J connectivity index is 1.54. The Labute approximate surface area is 152 Å². The number of Topliss-reactive ketones (excluding diaryl/α,β-unsaturated/α-hetero) is 1. The quantitative estimate of drug-likeness (QED) is 0.811. The third-order valence-electron chi connectivity index (χ3n) is 4.76. The molecule has 3 heterocycles. The maximum Gasteiger partial charge on any atom is 0.241 e. The van der Waals surface area contributed by atoms with Crippen LogP contribution in [0.2, 0.25) is 0 Å². The molecule has 138 valence electrons. The van der Waals surface area contributed by atoms with E-state index in [1.807, 2.05) is 6.92 Å². The van der Waals surface area contributed by atoms with Gasteiger partial charge in [-0.1, -0.05) is 0 Å². The van der Waals surface area contributed by atoms with Crippen LogP contribution in [0, 0.1) is 13.8 Å². The maximum absolute atomic E-state index is 12.4. The molecule has 1 N–H and O–H groups in total. The molecule has 1 aliphatic rings. The molecule has 0 atom stereocenters. The van der Waals surface area contributed by atoms with Gasteiger partial charge in [-0.25, -0.2) is 4.98 Å². The molecule has 0 bridgehead atoms. The van der Waals surface area contributed by atoms with Crippen LogP contribution in [-0.2, 0) is 11.3 Å². The van der Waals surface area contributed by atoms with Crippen molar-refractivity contribution in [3.8, 4) is 0 Å². The number of hydrogen-bond acceptors (Lipinski definition) is 6. The Bertz CT molecular complexity index is 794. The Morgan fingerprint density at radius 2 is 1.96 bits per heavy atom. The number of nitrogens with one attached hydrogen (secondary N) is 1. The third kappa shape index (κ3) is 3.89. The van der Waals surface area contributed by atoms with Gasteiger partial charge in [-0.05, 0) is 33.6 Å². The topological polar surface area (TPSA) is 93.0 Å². The summed E-state index contributed by atoms with van der Waals surface area (Å²) in [5.74, 6) is 0.767. The van der Waals surface area contributed by atoms with Crippen molar-refractivity contribution in [1.82, 2.24) is 25.1 Å². The number of hydrogen-bond donors (Lipinski definition) is 1. The second-order valence-electron chi connectivity index (χ2n) is 6.65. The van der Waals surface area contributed by atoms with E-state index < -0.39 is 0 Å². The lowest BCUT2D eigenvalue weighted by Gasteiger charge is -2.32. The normalized spacial score (nSPS) is 15.1. The van der Waals surface area contributed by atoms with Crippen molar-refractivity contribution in [3.05, 3.63) is 35.5 Å². The fraction of sp³-hybridized carbons (Fsp3) is 0.500. The first-order valence-corrected chi connectivity index (χ1v) is 8.81. The van der Waals surface area contributed by atoms with Crippen LogP contribution in [0.4, 0.5) is 5.82 Å². The van der Waals surface area contributed by atoms with Gasteiger partial charge in [-0.2, -0.15) is 5.10 Å². The first-order chi connectivity index (χ1) is 12.5. The molecule has 3 rings (SSSR count). The van der Waals surface area contributed by atoms with Crippen molar-refractivity contribution in [3.63, 3.8) is 0 Å². The molecule has 26 heavy (non-hydrogen) atoms. The van der Waals surface area contributed by atoms with Crippen LogP contribution in [0.5, 0.6) is 0 Å². The number of aromatic nitrogens is 4. The summed E-state index contributed by atoms with van der Waals surface area (Å²) in [6, 6.07) is 0.139. The number of nitrogens with zero attached hydrogens (tertiary/aromatic N) is 5. The van der Waals surface area contributed by atoms with Gasteiger partial charge in [0.1, 0.15) is 12.4 Å². The average Bonchev–Trinajstić information content (AvgIpc) is 2.89. The summed E-state index contributed by atoms with van der Waals surface area (Å²) >= 11 is 0. The van der Waals surface area contributed by atoms with Gasteiger partial charge in [0.2, 0.25) is 5.91 Å². The van der Waals surface area contributed by atoms with E-state index in [4.69, 9.17) is 0 Å². The number of aryl methyl sites for hydroxylation is 1. The molecule has 0 spiro atoms. The van der Waals surface area contributed by atoms with Crippen molar-refractivity contribution in [2.45, 2.75) is 46.2 Å². The van der Waals surface area contributed by atoms with E-state index in [1.165, 1.54) is 6.92 Å². The van der Waals surface area contributed by atoms with E-state index in [1.54, 1.807) is 30.2 Å². The summed E-state index contributed by atoms with van der Waals surface area (Å²) in [5.41, 5.74) is 2.01. The minimum Gasteiger partial charge on any atom is -0.355 e. The van der Waals surface area contributed by atoms with Gasteiger partial charge in [0.05, 0.1) is 17.5 Å². The van der Waals surface area contributed by atoms with E-state index in [-0.39, 0.29) is 24.3 Å². The molecule has 2 aromatic heterocycles. The zero-order valence-electron chi connectivity index (χ0n) is 15.4. The monoisotopic (exact) mass is 356 g/mol. The third-order valence-corrected chi connectivity index (χ3v) is 4.76. The Hall–Kier alpha value is -2.77. The minimum atomic E-state index is -0.0799. The molecule has 2 aromatic rings. The molecular formula is C18H24N6O2. The maximum atomic E-state index is 12.4. The predicted octanol–water partition coefficient (Wildman–Crippen LogP) is 1.28. The molecule has 1 saturated heterocycles. The largest absolute Gasteiger partial charge is 0.355 e. The summed E-state index contributed by atoms with van der Waals surface area (Å²) in [7, 11) is 0. The Morgan fingerprint density at radius 3 is 2.54 bits per heavy atom. The highest BCUT2D eigenvalue weighted by Crippen LogP contribution is 2.17. The van der Waals surface area contributed by atoms with Crippen LogP contribution in [-0.4, -0.2) is 50.6 Å². The van der Waals surface area contributed by atoms with Gasteiger partial charge in [0.15, 0.2) is 5.78 Å². The number of rotatable bonds is 5. The van der Waals surface area contributed by atoms with Crippen LogP contribution in [0.3, 0.4) is 0 Å². The number of carbonyl (C=O) groups is 2. The Kier molecular flexibility index (Phi) is 5.29. The van der Waals surface area contributed by atoms with Gasteiger partial charge in [-0.15, -0.1) is 0 Å². The molecule has 0 aromatic carbocycles. The number of ketones is 1. The van der Waals surface area contributed by atoms with Gasteiger partial charge >= 0.3 is 0 Å². The molecular weight excluding hydrogens is 332 g/mol. The summed E-state index contributed by atoms with van der Waals surface area (Å²) in [6.45, 7) is 6.93. The molecule has 0 saturated carbocycles. The second kappa shape index (κ2) is 7.63. The summed E-state index contributed by atoms with van der Waals surface area (Å²) in [6.07, 6.45) is 6.82. The van der Waals surface area contributed by atoms with Crippen LogP contribution in [0.25, 0.3) is 0 Å². The van der Waals surface area contributed by atoms with E-state index in [0.29, 0.717) is 11.3 Å². The van der Waals surface area contributed by atoms with Crippen molar-refractivity contribution in [2.24, 2.45) is 0 Å². The zero-order valence-corrected chi connectivity index (χ0v) is 15.4. The van der Waals surface area contributed by atoms with E-state index >= 15 is 0 Å². The van der Waals surface area contributed by atoms with E-state index in [2.05, 4.69) is 25.3 Å².